The molecule has 0 spiro atoms. The molecule has 3 heterocycles. The van der Waals surface area contributed by atoms with Gasteiger partial charge in [-0.25, -0.2) is 0 Å². The summed E-state index contributed by atoms with van der Waals surface area (Å²) in [5.74, 6) is 0.709. The normalized spacial score (nSPS) is 20.1. The van der Waals surface area contributed by atoms with Crippen molar-refractivity contribution in [2.75, 3.05) is 19.6 Å². The molecular formula is C29H34N4O2. The standard InChI is InChI=1S/C29H34N4O2/c1-21-18-22(2)33(30-21)19-24-8-10-25(11-9-24)29(35)31-16-15-27-26(20-31)12-13-28(34)32(27)17-14-23-6-4-3-5-7-23/h3-11,18,26-27H,12-17,19-20H2,1-2H3/t26-,27+/m1/s1. The molecule has 3 aromatic rings. The molecule has 0 bridgehead atoms. The second kappa shape index (κ2) is 10.1. The van der Waals surface area contributed by atoms with Crippen molar-refractivity contribution in [2.45, 2.75) is 52.1 Å². The van der Waals surface area contributed by atoms with Gasteiger partial charge in [0.25, 0.3) is 5.91 Å². The summed E-state index contributed by atoms with van der Waals surface area (Å²) in [4.78, 5) is 30.1. The molecule has 2 amide bonds. The van der Waals surface area contributed by atoms with Crippen molar-refractivity contribution in [1.29, 1.82) is 0 Å². The van der Waals surface area contributed by atoms with Gasteiger partial charge in [0.2, 0.25) is 5.91 Å². The SMILES string of the molecule is Cc1cc(C)n(Cc2ccc(C(=O)N3CC[C@H]4[C@H](CCC(=O)N4CCc4ccccc4)C3)cc2)n1. The van der Waals surface area contributed by atoms with E-state index in [-0.39, 0.29) is 17.9 Å². The van der Waals surface area contributed by atoms with E-state index in [2.05, 4.69) is 35.1 Å². The van der Waals surface area contributed by atoms with Crippen LogP contribution in [0.5, 0.6) is 0 Å². The molecule has 0 aliphatic carbocycles. The zero-order chi connectivity index (χ0) is 24.4. The average molecular weight is 471 g/mol. The Kier molecular flexibility index (Phi) is 6.71. The fraction of sp³-hybridized carbons (Fsp3) is 0.414. The highest BCUT2D eigenvalue weighted by molar-refractivity contribution is 5.94. The van der Waals surface area contributed by atoms with Gasteiger partial charge in [0.15, 0.2) is 0 Å². The zero-order valence-electron chi connectivity index (χ0n) is 20.7. The lowest BCUT2D eigenvalue weighted by atomic mass is 9.83. The Morgan fingerprint density at radius 1 is 1.00 bits per heavy atom. The van der Waals surface area contributed by atoms with Crippen LogP contribution in [0, 0.1) is 19.8 Å². The highest BCUT2D eigenvalue weighted by atomic mass is 16.2. The highest BCUT2D eigenvalue weighted by Crippen LogP contribution is 2.32. The van der Waals surface area contributed by atoms with E-state index in [1.54, 1.807) is 0 Å². The third-order valence-corrected chi connectivity index (χ3v) is 7.55. The van der Waals surface area contributed by atoms with Crippen LogP contribution in [0.2, 0.25) is 0 Å². The highest BCUT2D eigenvalue weighted by Gasteiger charge is 2.40. The largest absolute Gasteiger partial charge is 0.339 e. The molecule has 182 valence electrons. The van der Waals surface area contributed by atoms with Crippen molar-refractivity contribution < 1.29 is 9.59 Å². The number of carbonyl (C=O) groups is 2. The Balaban J connectivity index is 1.20. The van der Waals surface area contributed by atoms with Crippen molar-refractivity contribution in [3.05, 3.63) is 88.7 Å². The number of likely N-dealkylation sites (tertiary alicyclic amines) is 2. The maximum Gasteiger partial charge on any atom is 0.253 e. The van der Waals surface area contributed by atoms with Crippen LogP contribution in [-0.4, -0.2) is 57.1 Å². The van der Waals surface area contributed by atoms with Crippen molar-refractivity contribution in [3.63, 3.8) is 0 Å². The number of hydrogen-bond acceptors (Lipinski definition) is 3. The molecule has 0 unspecified atom stereocenters. The van der Waals surface area contributed by atoms with Crippen LogP contribution in [0.4, 0.5) is 0 Å². The number of rotatable bonds is 6. The molecule has 0 N–H and O–H groups in total. The lowest BCUT2D eigenvalue weighted by Crippen LogP contribution is -2.57. The number of aromatic nitrogens is 2. The van der Waals surface area contributed by atoms with Crippen LogP contribution in [0.1, 0.15) is 52.1 Å². The summed E-state index contributed by atoms with van der Waals surface area (Å²) in [6.07, 6.45) is 3.19. The molecule has 2 atom stereocenters. The fourth-order valence-electron chi connectivity index (χ4n) is 5.66. The quantitative estimate of drug-likeness (QED) is 0.541. The monoisotopic (exact) mass is 470 g/mol. The average Bonchev–Trinajstić information content (AvgIpc) is 3.20. The first-order valence-electron chi connectivity index (χ1n) is 12.7. The zero-order valence-corrected chi connectivity index (χ0v) is 20.7. The Morgan fingerprint density at radius 3 is 2.49 bits per heavy atom. The van der Waals surface area contributed by atoms with Gasteiger partial charge in [-0.3, -0.25) is 14.3 Å². The van der Waals surface area contributed by atoms with E-state index in [0.29, 0.717) is 25.4 Å². The molecule has 2 fully saturated rings. The Labute approximate surface area is 207 Å². The Morgan fingerprint density at radius 2 is 1.77 bits per heavy atom. The Bertz CT molecular complexity index is 1190. The van der Waals surface area contributed by atoms with E-state index < -0.39 is 0 Å². The molecular weight excluding hydrogens is 436 g/mol. The summed E-state index contributed by atoms with van der Waals surface area (Å²) in [5.41, 5.74) is 5.27. The lowest BCUT2D eigenvalue weighted by molar-refractivity contribution is -0.140. The Hall–Kier alpha value is -3.41. The minimum absolute atomic E-state index is 0.0915. The molecule has 5 rings (SSSR count). The lowest BCUT2D eigenvalue weighted by Gasteiger charge is -2.47. The molecule has 2 aliphatic heterocycles. The predicted octanol–water partition coefficient (Wildman–Crippen LogP) is 4.24. The topological polar surface area (TPSA) is 58.4 Å². The van der Waals surface area contributed by atoms with Crippen molar-refractivity contribution in [2.24, 2.45) is 5.92 Å². The summed E-state index contributed by atoms with van der Waals surface area (Å²) in [7, 11) is 0. The first kappa shape index (κ1) is 23.3. The van der Waals surface area contributed by atoms with E-state index in [0.717, 1.165) is 54.9 Å². The number of piperidine rings is 2. The maximum absolute atomic E-state index is 13.3. The molecule has 0 radical (unpaired) electrons. The molecule has 0 saturated carbocycles. The van der Waals surface area contributed by atoms with Gasteiger partial charge in [-0.2, -0.15) is 5.10 Å². The van der Waals surface area contributed by atoms with Crippen LogP contribution in [0.15, 0.2) is 60.7 Å². The van der Waals surface area contributed by atoms with E-state index in [9.17, 15) is 9.59 Å². The van der Waals surface area contributed by atoms with E-state index in [4.69, 9.17) is 0 Å². The summed E-state index contributed by atoms with van der Waals surface area (Å²) < 4.78 is 1.99. The molecule has 2 aromatic carbocycles. The number of carbonyl (C=O) groups excluding carboxylic acids is 2. The van der Waals surface area contributed by atoms with E-state index >= 15 is 0 Å². The fourth-order valence-corrected chi connectivity index (χ4v) is 5.66. The number of benzene rings is 2. The summed E-state index contributed by atoms with van der Waals surface area (Å²) >= 11 is 0. The van der Waals surface area contributed by atoms with Crippen LogP contribution >= 0.6 is 0 Å². The number of amides is 2. The van der Waals surface area contributed by atoms with Gasteiger partial charge >= 0.3 is 0 Å². The summed E-state index contributed by atoms with van der Waals surface area (Å²) in [6.45, 7) is 6.94. The van der Waals surface area contributed by atoms with Gasteiger partial charge in [-0.15, -0.1) is 0 Å². The van der Waals surface area contributed by atoms with Gasteiger partial charge < -0.3 is 9.80 Å². The second-order valence-electron chi connectivity index (χ2n) is 10.0. The number of hydrogen-bond donors (Lipinski definition) is 0. The molecule has 2 aliphatic rings. The van der Waals surface area contributed by atoms with Crippen LogP contribution < -0.4 is 0 Å². The molecule has 1 aromatic heterocycles. The first-order valence-corrected chi connectivity index (χ1v) is 12.7. The first-order chi connectivity index (χ1) is 17.0. The predicted molar refractivity (Wildman–Crippen MR) is 136 cm³/mol. The van der Waals surface area contributed by atoms with Gasteiger partial charge in [-0.05, 0) is 68.4 Å². The molecule has 35 heavy (non-hydrogen) atoms. The molecule has 6 heteroatoms. The van der Waals surface area contributed by atoms with Gasteiger partial charge in [0, 0.05) is 43.4 Å². The van der Waals surface area contributed by atoms with Crippen LogP contribution in [-0.2, 0) is 17.8 Å². The van der Waals surface area contributed by atoms with Gasteiger partial charge in [0.1, 0.15) is 0 Å². The van der Waals surface area contributed by atoms with Crippen molar-refractivity contribution in [1.82, 2.24) is 19.6 Å². The minimum atomic E-state index is 0.0915. The molecule has 2 saturated heterocycles. The smallest absolute Gasteiger partial charge is 0.253 e. The van der Waals surface area contributed by atoms with Gasteiger partial charge in [-0.1, -0.05) is 42.5 Å². The molecule has 6 nitrogen and oxygen atoms in total. The summed E-state index contributed by atoms with van der Waals surface area (Å²) in [6, 6.07) is 20.6. The van der Waals surface area contributed by atoms with Crippen molar-refractivity contribution in [3.8, 4) is 0 Å². The minimum Gasteiger partial charge on any atom is -0.339 e. The van der Waals surface area contributed by atoms with E-state index in [1.165, 1.54) is 5.56 Å². The number of nitrogens with zero attached hydrogens (tertiary/aromatic N) is 4. The van der Waals surface area contributed by atoms with Crippen LogP contribution in [0.25, 0.3) is 0 Å². The third-order valence-electron chi connectivity index (χ3n) is 7.55. The van der Waals surface area contributed by atoms with Crippen LogP contribution in [0.3, 0.4) is 0 Å². The van der Waals surface area contributed by atoms with E-state index in [1.807, 2.05) is 59.0 Å². The van der Waals surface area contributed by atoms with Crippen molar-refractivity contribution >= 4 is 11.8 Å². The number of aryl methyl sites for hydroxylation is 2. The summed E-state index contributed by atoms with van der Waals surface area (Å²) in [5, 5.41) is 4.53. The maximum atomic E-state index is 13.3. The van der Waals surface area contributed by atoms with Gasteiger partial charge in [0.05, 0.1) is 12.2 Å². The number of fused-ring (bicyclic) bond motifs is 1. The second-order valence-corrected chi connectivity index (χ2v) is 10.0. The third kappa shape index (κ3) is 5.16.